The summed E-state index contributed by atoms with van der Waals surface area (Å²) in [5.74, 6) is 0.543. The van der Waals surface area contributed by atoms with Crippen LogP contribution < -0.4 is 14.8 Å². The van der Waals surface area contributed by atoms with Crippen LogP contribution in [0.15, 0.2) is 42.5 Å². The Kier molecular flexibility index (Phi) is 7.02. The highest BCUT2D eigenvalue weighted by Gasteiger charge is 2.11. The molecule has 0 aliphatic heterocycles. The summed E-state index contributed by atoms with van der Waals surface area (Å²) in [6.07, 6.45) is 0.908. The zero-order valence-electron chi connectivity index (χ0n) is 15.2. The van der Waals surface area contributed by atoms with Crippen LogP contribution in [0.1, 0.15) is 39.6 Å². The number of hydrogen-bond acceptors (Lipinski definition) is 5. The van der Waals surface area contributed by atoms with E-state index in [1.807, 2.05) is 25.1 Å². The van der Waals surface area contributed by atoms with Crippen LogP contribution >= 0.6 is 0 Å². The van der Waals surface area contributed by atoms with Crippen LogP contribution in [0.3, 0.4) is 0 Å². The Balaban J connectivity index is 2.04. The molecular weight excluding hydrogens is 334 g/mol. The van der Waals surface area contributed by atoms with E-state index in [4.69, 9.17) is 9.47 Å². The molecule has 0 aliphatic carbocycles. The SMILES string of the molecule is CCCOc1ccc(CNC(=O)c2cccc(C(=O)OC)c2)cc1OC. The van der Waals surface area contributed by atoms with Gasteiger partial charge in [0.15, 0.2) is 11.5 Å². The minimum Gasteiger partial charge on any atom is -0.493 e. The first kappa shape index (κ1) is 19.3. The number of methoxy groups -OCH3 is 2. The summed E-state index contributed by atoms with van der Waals surface area (Å²) < 4.78 is 15.6. The van der Waals surface area contributed by atoms with Crippen molar-refractivity contribution in [1.82, 2.24) is 5.32 Å². The highest BCUT2D eigenvalue weighted by molar-refractivity contribution is 5.97. The normalized spacial score (nSPS) is 10.1. The maximum Gasteiger partial charge on any atom is 0.337 e. The monoisotopic (exact) mass is 357 g/mol. The minimum atomic E-state index is -0.480. The molecule has 0 heterocycles. The maximum atomic E-state index is 12.3. The van der Waals surface area contributed by atoms with Gasteiger partial charge in [-0.2, -0.15) is 0 Å². The van der Waals surface area contributed by atoms with E-state index in [9.17, 15) is 9.59 Å². The molecule has 0 atom stereocenters. The van der Waals surface area contributed by atoms with E-state index in [0.29, 0.717) is 35.8 Å². The lowest BCUT2D eigenvalue weighted by molar-refractivity contribution is 0.0600. The lowest BCUT2D eigenvalue weighted by Gasteiger charge is -2.12. The van der Waals surface area contributed by atoms with Gasteiger partial charge in [0.1, 0.15) is 0 Å². The topological polar surface area (TPSA) is 73.9 Å². The van der Waals surface area contributed by atoms with Gasteiger partial charge in [-0.25, -0.2) is 4.79 Å². The third-order valence-corrected chi connectivity index (χ3v) is 3.69. The van der Waals surface area contributed by atoms with Crippen LogP contribution in [0.25, 0.3) is 0 Å². The van der Waals surface area contributed by atoms with Crippen molar-refractivity contribution >= 4 is 11.9 Å². The van der Waals surface area contributed by atoms with Gasteiger partial charge in [0.2, 0.25) is 0 Å². The van der Waals surface area contributed by atoms with Crippen LogP contribution in [0.5, 0.6) is 11.5 Å². The van der Waals surface area contributed by atoms with Gasteiger partial charge >= 0.3 is 5.97 Å². The van der Waals surface area contributed by atoms with Crippen LogP contribution in [0.2, 0.25) is 0 Å². The number of carbonyl (C=O) groups is 2. The third kappa shape index (κ3) is 4.99. The van der Waals surface area contributed by atoms with Crippen molar-refractivity contribution in [3.63, 3.8) is 0 Å². The highest BCUT2D eigenvalue weighted by Crippen LogP contribution is 2.28. The third-order valence-electron chi connectivity index (χ3n) is 3.69. The molecule has 2 rings (SSSR count). The molecule has 0 aromatic heterocycles. The molecule has 1 N–H and O–H groups in total. The fourth-order valence-corrected chi connectivity index (χ4v) is 2.34. The maximum absolute atomic E-state index is 12.3. The molecule has 138 valence electrons. The summed E-state index contributed by atoms with van der Waals surface area (Å²) in [6, 6.07) is 11.9. The molecule has 6 nitrogen and oxygen atoms in total. The average Bonchev–Trinajstić information content (AvgIpc) is 2.70. The molecule has 0 bridgehead atoms. The highest BCUT2D eigenvalue weighted by atomic mass is 16.5. The van der Waals surface area contributed by atoms with Gasteiger partial charge < -0.3 is 19.5 Å². The fourth-order valence-electron chi connectivity index (χ4n) is 2.34. The Morgan fingerprint density at radius 1 is 1.00 bits per heavy atom. The fraction of sp³-hybridized carbons (Fsp3) is 0.300. The predicted octanol–water partition coefficient (Wildman–Crippen LogP) is 3.20. The Morgan fingerprint density at radius 2 is 1.77 bits per heavy atom. The van der Waals surface area contributed by atoms with Crippen LogP contribution in [-0.4, -0.2) is 32.7 Å². The lowest BCUT2D eigenvalue weighted by Crippen LogP contribution is -2.23. The van der Waals surface area contributed by atoms with Crippen molar-refractivity contribution in [2.75, 3.05) is 20.8 Å². The number of benzene rings is 2. The summed E-state index contributed by atoms with van der Waals surface area (Å²) in [5.41, 5.74) is 1.60. The zero-order chi connectivity index (χ0) is 18.9. The molecule has 26 heavy (non-hydrogen) atoms. The minimum absolute atomic E-state index is 0.277. The first-order valence-corrected chi connectivity index (χ1v) is 8.35. The molecule has 0 fully saturated rings. The first-order valence-electron chi connectivity index (χ1n) is 8.35. The van der Waals surface area contributed by atoms with Gasteiger partial charge in [-0.1, -0.05) is 19.1 Å². The van der Waals surface area contributed by atoms with Gasteiger partial charge in [-0.15, -0.1) is 0 Å². The van der Waals surface area contributed by atoms with E-state index >= 15 is 0 Å². The summed E-state index contributed by atoms with van der Waals surface area (Å²) in [4.78, 5) is 23.9. The van der Waals surface area contributed by atoms with E-state index in [-0.39, 0.29) is 5.91 Å². The second-order valence-electron chi connectivity index (χ2n) is 5.59. The summed E-state index contributed by atoms with van der Waals surface area (Å²) in [6.45, 7) is 2.97. The molecule has 2 aromatic rings. The van der Waals surface area contributed by atoms with E-state index in [0.717, 1.165) is 12.0 Å². The van der Waals surface area contributed by atoms with Gasteiger partial charge in [0.25, 0.3) is 5.91 Å². The second-order valence-corrected chi connectivity index (χ2v) is 5.59. The molecule has 2 aromatic carbocycles. The Bertz CT molecular complexity index is 773. The van der Waals surface area contributed by atoms with E-state index in [1.165, 1.54) is 13.2 Å². The average molecular weight is 357 g/mol. The number of rotatable bonds is 8. The zero-order valence-corrected chi connectivity index (χ0v) is 15.2. The molecule has 1 amide bonds. The Morgan fingerprint density at radius 3 is 2.46 bits per heavy atom. The van der Waals surface area contributed by atoms with Crippen molar-refractivity contribution < 1.29 is 23.8 Å². The molecule has 0 spiro atoms. The number of nitrogens with one attached hydrogen (secondary N) is 1. The van der Waals surface area contributed by atoms with Crippen LogP contribution in [0, 0.1) is 0 Å². The van der Waals surface area contributed by atoms with Gasteiger partial charge in [0.05, 0.1) is 26.4 Å². The number of esters is 1. The van der Waals surface area contributed by atoms with Crippen molar-refractivity contribution in [1.29, 1.82) is 0 Å². The largest absolute Gasteiger partial charge is 0.493 e. The van der Waals surface area contributed by atoms with Gasteiger partial charge in [-0.05, 0) is 42.3 Å². The number of hydrogen-bond donors (Lipinski definition) is 1. The van der Waals surface area contributed by atoms with E-state index in [1.54, 1.807) is 25.3 Å². The predicted molar refractivity (Wildman–Crippen MR) is 97.7 cm³/mol. The molecule has 6 heteroatoms. The van der Waals surface area contributed by atoms with Crippen LogP contribution in [0.4, 0.5) is 0 Å². The molecule has 0 aliphatic rings. The molecule has 0 radical (unpaired) electrons. The Hall–Kier alpha value is -3.02. The van der Waals surface area contributed by atoms with E-state index in [2.05, 4.69) is 10.1 Å². The molecule has 0 unspecified atom stereocenters. The number of ether oxygens (including phenoxy) is 3. The standard InChI is InChI=1S/C20H23NO5/c1-4-10-26-17-9-8-14(11-18(17)24-2)13-21-19(22)15-6-5-7-16(12-15)20(23)25-3/h5-9,11-12H,4,10,13H2,1-3H3,(H,21,22). The van der Waals surface area contributed by atoms with Gasteiger partial charge in [-0.3, -0.25) is 4.79 Å². The molecular formula is C20H23NO5. The van der Waals surface area contributed by atoms with Crippen LogP contribution in [-0.2, 0) is 11.3 Å². The summed E-state index contributed by atoms with van der Waals surface area (Å²) in [7, 11) is 2.88. The molecule has 0 saturated heterocycles. The van der Waals surface area contributed by atoms with Crippen molar-refractivity contribution in [3.05, 3.63) is 59.2 Å². The number of amides is 1. The second kappa shape index (κ2) is 9.46. The smallest absolute Gasteiger partial charge is 0.337 e. The molecule has 0 saturated carbocycles. The Labute approximate surface area is 153 Å². The quantitative estimate of drug-likeness (QED) is 0.735. The van der Waals surface area contributed by atoms with Crippen molar-refractivity contribution in [3.8, 4) is 11.5 Å². The van der Waals surface area contributed by atoms with Crippen molar-refractivity contribution in [2.45, 2.75) is 19.9 Å². The van der Waals surface area contributed by atoms with Gasteiger partial charge in [0, 0.05) is 12.1 Å². The number of carbonyl (C=O) groups excluding carboxylic acids is 2. The van der Waals surface area contributed by atoms with Crippen molar-refractivity contribution in [2.24, 2.45) is 0 Å². The van der Waals surface area contributed by atoms with E-state index < -0.39 is 5.97 Å². The summed E-state index contributed by atoms with van der Waals surface area (Å²) in [5, 5.41) is 2.83. The summed E-state index contributed by atoms with van der Waals surface area (Å²) >= 11 is 0. The lowest BCUT2D eigenvalue weighted by atomic mass is 10.1. The first-order chi connectivity index (χ1) is 12.6.